The third kappa shape index (κ3) is 4.13. The number of phenolic OH excluding ortho intramolecular Hbond substituents is 1. The summed E-state index contributed by atoms with van der Waals surface area (Å²) in [5.74, 6) is -0.292. The van der Waals surface area contributed by atoms with Gasteiger partial charge in [-0.15, -0.1) is 0 Å². The van der Waals surface area contributed by atoms with Crippen LogP contribution >= 0.6 is 0 Å². The second kappa shape index (κ2) is 7.47. The quantitative estimate of drug-likeness (QED) is 0.378. The Balaban J connectivity index is 1.80. The van der Waals surface area contributed by atoms with Crippen LogP contribution in [-0.4, -0.2) is 16.2 Å². The van der Waals surface area contributed by atoms with Crippen LogP contribution in [0.5, 0.6) is 5.75 Å². The Kier molecular flexibility index (Phi) is 4.92. The molecule has 3 aromatic carbocycles. The predicted octanol–water partition coefficient (Wildman–Crippen LogP) is 4.35. The van der Waals surface area contributed by atoms with Crippen molar-refractivity contribution in [3.63, 3.8) is 0 Å². The lowest BCUT2D eigenvalue weighted by Crippen LogP contribution is -2.18. The Labute approximate surface area is 145 Å². The minimum atomic E-state index is -0.533. The van der Waals surface area contributed by atoms with Gasteiger partial charge in [-0.05, 0) is 52.6 Å². The summed E-state index contributed by atoms with van der Waals surface area (Å²) in [6.07, 6.45) is 3.93. The number of hydrogen-bond donors (Lipinski definition) is 3. The van der Waals surface area contributed by atoms with Crippen molar-refractivity contribution in [1.29, 1.82) is 0 Å². The van der Waals surface area contributed by atoms with E-state index in [1.54, 1.807) is 41.9 Å². The number of aromatic hydroxyl groups is 1. The Bertz CT molecular complexity index is 914. The number of nitrogens with one attached hydrogen (secondary N) is 1. The third-order valence-electron chi connectivity index (χ3n) is 3.81. The monoisotopic (exact) mass is 331 g/mol. The molecule has 0 saturated carbocycles. The first-order chi connectivity index (χ1) is 12.2. The molecule has 0 radical (unpaired) electrons. The smallest absolute Gasteiger partial charge is 0.274 e. The molecule has 0 aliphatic heterocycles. The largest absolute Gasteiger partial charge is 0.508 e. The lowest BCUT2D eigenvalue weighted by molar-refractivity contribution is 0.0706. The molecule has 25 heavy (non-hydrogen) atoms. The first kappa shape index (κ1) is 16.5. The number of benzene rings is 3. The highest BCUT2D eigenvalue weighted by Crippen LogP contribution is 2.24. The predicted molar refractivity (Wildman–Crippen MR) is 98.2 cm³/mol. The number of phenols is 1. The summed E-state index contributed by atoms with van der Waals surface area (Å²) in [5.41, 5.74) is 5.95. The maximum atomic E-state index is 11.3. The second-order valence-electron chi connectivity index (χ2n) is 5.57. The molecule has 3 rings (SSSR count). The highest BCUT2D eigenvalue weighted by Gasteiger charge is 2.02. The van der Waals surface area contributed by atoms with Gasteiger partial charge in [-0.2, -0.15) is 0 Å². The Hall–Kier alpha value is -3.37. The number of hydroxylamine groups is 1. The van der Waals surface area contributed by atoms with E-state index < -0.39 is 5.91 Å². The Morgan fingerprint density at radius 2 is 1.44 bits per heavy atom. The maximum Gasteiger partial charge on any atom is 0.274 e. The molecule has 0 bridgehead atoms. The highest BCUT2D eigenvalue weighted by molar-refractivity contribution is 5.93. The van der Waals surface area contributed by atoms with Crippen molar-refractivity contribution in [2.75, 3.05) is 0 Å². The van der Waals surface area contributed by atoms with Crippen LogP contribution < -0.4 is 5.48 Å². The van der Waals surface area contributed by atoms with Crippen molar-refractivity contribution in [2.45, 2.75) is 0 Å². The topological polar surface area (TPSA) is 69.6 Å². The van der Waals surface area contributed by atoms with Crippen molar-refractivity contribution in [2.24, 2.45) is 0 Å². The fraction of sp³-hybridized carbons (Fsp3) is 0. The van der Waals surface area contributed by atoms with Crippen molar-refractivity contribution >= 4 is 18.1 Å². The summed E-state index contributed by atoms with van der Waals surface area (Å²) in [6.45, 7) is 0. The van der Waals surface area contributed by atoms with E-state index >= 15 is 0 Å². The molecule has 3 N–H and O–H groups in total. The molecule has 124 valence electrons. The summed E-state index contributed by atoms with van der Waals surface area (Å²) >= 11 is 0. The van der Waals surface area contributed by atoms with Gasteiger partial charge in [0.05, 0.1) is 0 Å². The van der Waals surface area contributed by atoms with E-state index in [4.69, 9.17) is 5.21 Å². The SMILES string of the molecule is O=C(NO)c1ccc(/C=C/c2cccc(-c3cccc(O)c3)c2)cc1. The average Bonchev–Trinajstić information content (AvgIpc) is 2.66. The van der Waals surface area contributed by atoms with E-state index in [0.717, 1.165) is 22.3 Å². The van der Waals surface area contributed by atoms with Gasteiger partial charge >= 0.3 is 0 Å². The molecule has 0 aliphatic carbocycles. The van der Waals surface area contributed by atoms with Gasteiger partial charge < -0.3 is 5.11 Å². The standard InChI is InChI=1S/C21H17NO3/c23-20-6-2-5-19(14-20)18-4-1-3-16(13-18)8-7-15-9-11-17(12-10-15)21(24)22-25/h1-14,23,25H,(H,22,24)/b8-7+. The molecule has 1 amide bonds. The lowest BCUT2D eigenvalue weighted by atomic mass is 10.0. The van der Waals surface area contributed by atoms with E-state index in [-0.39, 0.29) is 5.75 Å². The molecule has 0 heterocycles. The van der Waals surface area contributed by atoms with E-state index in [1.807, 2.05) is 48.6 Å². The van der Waals surface area contributed by atoms with Gasteiger partial charge in [0, 0.05) is 5.56 Å². The average molecular weight is 331 g/mol. The molecule has 0 fully saturated rings. The van der Waals surface area contributed by atoms with Crippen LogP contribution in [0.3, 0.4) is 0 Å². The van der Waals surface area contributed by atoms with Crippen LogP contribution in [0.4, 0.5) is 0 Å². The number of carbonyl (C=O) groups excluding carboxylic acids is 1. The first-order valence-electron chi connectivity index (χ1n) is 7.78. The minimum absolute atomic E-state index is 0.241. The number of amides is 1. The number of rotatable bonds is 4. The highest BCUT2D eigenvalue weighted by atomic mass is 16.5. The van der Waals surface area contributed by atoms with Crippen LogP contribution in [0.1, 0.15) is 21.5 Å². The van der Waals surface area contributed by atoms with Gasteiger partial charge in [0.15, 0.2) is 0 Å². The Morgan fingerprint density at radius 1 is 0.800 bits per heavy atom. The van der Waals surface area contributed by atoms with Crippen LogP contribution in [0, 0.1) is 0 Å². The van der Waals surface area contributed by atoms with Gasteiger partial charge in [-0.25, -0.2) is 5.48 Å². The third-order valence-corrected chi connectivity index (χ3v) is 3.81. The summed E-state index contributed by atoms with van der Waals surface area (Å²) in [4.78, 5) is 11.3. The van der Waals surface area contributed by atoms with Gasteiger partial charge in [-0.3, -0.25) is 10.0 Å². The van der Waals surface area contributed by atoms with Gasteiger partial charge in [0.2, 0.25) is 0 Å². The molecule has 3 aromatic rings. The molecular weight excluding hydrogens is 314 g/mol. The van der Waals surface area contributed by atoms with Crippen LogP contribution in [-0.2, 0) is 0 Å². The van der Waals surface area contributed by atoms with E-state index in [1.165, 1.54) is 0 Å². The van der Waals surface area contributed by atoms with Crippen LogP contribution in [0.25, 0.3) is 23.3 Å². The van der Waals surface area contributed by atoms with Crippen molar-refractivity contribution in [3.05, 3.63) is 89.5 Å². The minimum Gasteiger partial charge on any atom is -0.508 e. The molecule has 0 atom stereocenters. The summed E-state index contributed by atoms with van der Waals surface area (Å²) in [6, 6.07) is 22.0. The zero-order valence-corrected chi connectivity index (χ0v) is 13.4. The number of carbonyl (C=O) groups is 1. The van der Waals surface area contributed by atoms with E-state index in [0.29, 0.717) is 5.56 Å². The van der Waals surface area contributed by atoms with Crippen molar-refractivity contribution in [3.8, 4) is 16.9 Å². The van der Waals surface area contributed by atoms with Crippen molar-refractivity contribution in [1.82, 2.24) is 5.48 Å². The number of hydrogen-bond acceptors (Lipinski definition) is 3. The summed E-state index contributed by atoms with van der Waals surface area (Å²) in [7, 11) is 0. The lowest BCUT2D eigenvalue weighted by Gasteiger charge is -2.04. The van der Waals surface area contributed by atoms with E-state index in [9.17, 15) is 9.90 Å². The van der Waals surface area contributed by atoms with E-state index in [2.05, 4.69) is 0 Å². The molecular formula is C21H17NO3. The molecule has 0 aromatic heterocycles. The molecule has 4 heteroatoms. The Morgan fingerprint density at radius 3 is 2.12 bits per heavy atom. The second-order valence-corrected chi connectivity index (χ2v) is 5.57. The zero-order valence-electron chi connectivity index (χ0n) is 13.4. The molecule has 0 spiro atoms. The molecule has 0 saturated heterocycles. The first-order valence-corrected chi connectivity index (χ1v) is 7.78. The zero-order chi connectivity index (χ0) is 17.6. The van der Waals surface area contributed by atoms with Crippen LogP contribution in [0.2, 0.25) is 0 Å². The molecule has 0 aliphatic rings. The van der Waals surface area contributed by atoms with Crippen molar-refractivity contribution < 1.29 is 15.1 Å². The van der Waals surface area contributed by atoms with Gasteiger partial charge in [0.1, 0.15) is 5.75 Å². The van der Waals surface area contributed by atoms with Crippen LogP contribution in [0.15, 0.2) is 72.8 Å². The normalized spacial score (nSPS) is 10.8. The fourth-order valence-corrected chi connectivity index (χ4v) is 2.51. The maximum absolute atomic E-state index is 11.3. The molecule has 0 unspecified atom stereocenters. The fourth-order valence-electron chi connectivity index (χ4n) is 2.51. The molecule has 4 nitrogen and oxygen atoms in total. The summed E-state index contributed by atoms with van der Waals surface area (Å²) < 4.78 is 0. The summed E-state index contributed by atoms with van der Waals surface area (Å²) in [5, 5.41) is 18.2. The van der Waals surface area contributed by atoms with Gasteiger partial charge in [0.25, 0.3) is 5.91 Å². The van der Waals surface area contributed by atoms with Gasteiger partial charge in [-0.1, -0.05) is 54.6 Å².